The number of hydrogen-bond acceptors (Lipinski definition) is 8. The van der Waals surface area contributed by atoms with Gasteiger partial charge in [0.05, 0.1) is 39.3 Å². The smallest absolute Gasteiger partial charge is 0.333 e. The SMILES string of the molecule is CC(C)(C#N)c1ccc(-n2c(=O)[nH]c(=O)c3cnc4ccc(-c5cnc(N)nc5)nc4c32)cc1. The van der Waals surface area contributed by atoms with E-state index in [9.17, 15) is 14.9 Å². The Kier molecular flexibility index (Phi) is 4.68. The second-order valence-corrected chi connectivity index (χ2v) is 8.29. The molecule has 10 nitrogen and oxygen atoms in total. The molecule has 0 saturated heterocycles. The first kappa shape index (κ1) is 21.0. The van der Waals surface area contributed by atoms with Crippen LogP contribution in [-0.2, 0) is 5.41 Å². The van der Waals surface area contributed by atoms with E-state index < -0.39 is 16.7 Å². The van der Waals surface area contributed by atoms with Crippen LogP contribution >= 0.6 is 0 Å². The predicted molar refractivity (Wildman–Crippen MR) is 127 cm³/mol. The highest BCUT2D eigenvalue weighted by Gasteiger charge is 2.20. The topological polar surface area (TPSA) is 156 Å². The normalized spacial score (nSPS) is 11.6. The summed E-state index contributed by atoms with van der Waals surface area (Å²) in [6, 6.07) is 12.8. The van der Waals surface area contributed by atoms with Gasteiger partial charge in [0.2, 0.25) is 5.95 Å². The van der Waals surface area contributed by atoms with E-state index in [1.807, 2.05) is 13.8 Å². The molecule has 0 unspecified atom stereocenters. The molecule has 0 bridgehead atoms. The fraction of sp³-hybridized carbons (Fsp3) is 0.125. The summed E-state index contributed by atoms with van der Waals surface area (Å²) in [5.41, 5.74) is 7.40. The zero-order chi connectivity index (χ0) is 24.0. The van der Waals surface area contributed by atoms with Crippen molar-refractivity contribution < 1.29 is 0 Å². The van der Waals surface area contributed by atoms with Gasteiger partial charge in [-0.15, -0.1) is 0 Å². The summed E-state index contributed by atoms with van der Waals surface area (Å²) in [6.07, 6.45) is 4.52. The monoisotopic (exact) mass is 450 g/mol. The number of H-pyrrole nitrogens is 1. The van der Waals surface area contributed by atoms with Gasteiger partial charge in [0, 0.05) is 24.2 Å². The first-order valence-electron chi connectivity index (χ1n) is 10.3. The third-order valence-electron chi connectivity index (χ3n) is 5.67. The molecule has 4 aromatic heterocycles. The van der Waals surface area contributed by atoms with Crippen molar-refractivity contribution in [1.29, 1.82) is 5.26 Å². The number of rotatable bonds is 3. The average molecular weight is 450 g/mol. The summed E-state index contributed by atoms with van der Waals surface area (Å²) in [6.45, 7) is 3.63. The molecule has 166 valence electrons. The molecule has 0 aliphatic heterocycles. The van der Waals surface area contributed by atoms with Gasteiger partial charge in [0.1, 0.15) is 5.52 Å². The first-order valence-corrected chi connectivity index (χ1v) is 10.3. The van der Waals surface area contributed by atoms with Gasteiger partial charge in [-0.3, -0.25) is 19.3 Å². The number of nitrogen functional groups attached to an aromatic ring is 1. The van der Waals surface area contributed by atoms with Crippen LogP contribution in [0.4, 0.5) is 5.95 Å². The van der Waals surface area contributed by atoms with Crippen LogP contribution in [0.15, 0.2) is 64.6 Å². The lowest BCUT2D eigenvalue weighted by Crippen LogP contribution is -2.29. The van der Waals surface area contributed by atoms with Crippen molar-refractivity contribution in [2.45, 2.75) is 19.3 Å². The zero-order valence-electron chi connectivity index (χ0n) is 18.3. The van der Waals surface area contributed by atoms with Crippen LogP contribution in [0.2, 0.25) is 0 Å². The number of fused-ring (bicyclic) bond motifs is 3. The van der Waals surface area contributed by atoms with Gasteiger partial charge in [-0.25, -0.2) is 19.7 Å². The van der Waals surface area contributed by atoms with Crippen molar-refractivity contribution in [2.24, 2.45) is 0 Å². The summed E-state index contributed by atoms with van der Waals surface area (Å²) < 4.78 is 1.39. The second kappa shape index (κ2) is 7.60. The molecule has 5 rings (SSSR count). The molecule has 0 radical (unpaired) electrons. The number of aromatic nitrogens is 6. The van der Waals surface area contributed by atoms with E-state index in [-0.39, 0.29) is 11.3 Å². The van der Waals surface area contributed by atoms with Gasteiger partial charge in [0.25, 0.3) is 5.56 Å². The summed E-state index contributed by atoms with van der Waals surface area (Å²) in [7, 11) is 0. The molecule has 1 aromatic carbocycles. The molecule has 0 fully saturated rings. The lowest BCUT2D eigenvalue weighted by Gasteiger charge is -2.17. The van der Waals surface area contributed by atoms with Crippen LogP contribution in [-0.4, -0.2) is 29.5 Å². The van der Waals surface area contributed by atoms with E-state index in [0.717, 1.165) is 5.56 Å². The molecule has 10 heteroatoms. The molecule has 0 aliphatic carbocycles. The Bertz CT molecular complexity index is 1730. The van der Waals surface area contributed by atoms with E-state index in [2.05, 4.69) is 26.0 Å². The van der Waals surface area contributed by atoms with Gasteiger partial charge in [0.15, 0.2) is 0 Å². The zero-order valence-corrected chi connectivity index (χ0v) is 18.3. The van der Waals surface area contributed by atoms with Crippen molar-refractivity contribution in [3.8, 4) is 23.0 Å². The quantitative estimate of drug-likeness (QED) is 0.397. The van der Waals surface area contributed by atoms with Crippen LogP contribution in [0.5, 0.6) is 0 Å². The maximum atomic E-state index is 13.0. The number of benzene rings is 1. The van der Waals surface area contributed by atoms with Crippen molar-refractivity contribution in [1.82, 2.24) is 29.5 Å². The Balaban J connectivity index is 1.82. The number of nitrogens with one attached hydrogen (secondary N) is 1. The minimum absolute atomic E-state index is 0.139. The Morgan fingerprint density at radius 2 is 1.71 bits per heavy atom. The molecular weight excluding hydrogens is 432 g/mol. The van der Waals surface area contributed by atoms with Gasteiger partial charge < -0.3 is 5.73 Å². The number of pyridine rings is 2. The van der Waals surface area contributed by atoms with E-state index in [4.69, 9.17) is 10.7 Å². The Morgan fingerprint density at radius 1 is 1.00 bits per heavy atom. The van der Waals surface area contributed by atoms with Crippen LogP contribution in [0.25, 0.3) is 38.9 Å². The highest BCUT2D eigenvalue weighted by Crippen LogP contribution is 2.27. The molecule has 0 atom stereocenters. The van der Waals surface area contributed by atoms with Gasteiger partial charge in [-0.1, -0.05) is 12.1 Å². The number of hydrogen-bond donors (Lipinski definition) is 2. The van der Waals surface area contributed by atoms with E-state index in [1.165, 1.54) is 10.8 Å². The number of nitriles is 1. The highest BCUT2D eigenvalue weighted by atomic mass is 16.2. The molecule has 3 N–H and O–H groups in total. The third kappa shape index (κ3) is 3.36. The van der Waals surface area contributed by atoms with E-state index >= 15 is 0 Å². The second-order valence-electron chi connectivity index (χ2n) is 8.29. The molecular formula is C24H18N8O2. The first-order chi connectivity index (χ1) is 16.3. The Morgan fingerprint density at radius 3 is 2.38 bits per heavy atom. The maximum Gasteiger partial charge on any atom is 0.333 e. The van der Waals surface area contributed by atoms with Gasteiger partial charge >= 0.3 is 5.69 Å². The van der Waals surface area contributed by atoms with Gasteiger partial charge in [-0.2, -0.15) is 5.26 Å². The van der Waals surface area contributed by atoms with Crippen LogP contribution in [0, 0.1) is 11.3 Å². The fourth-order valence-electron chi connectivity index (χ4n) is 3.74. The predicted octanol–water partition coefficient (Wildman–Crippen LogP) is 2.46. The summed E-state index contributed by atoms with van der Waals surface area (Å²) in [4.78, 5) is 45.1. The highest BCUT2D eigenvalue weighted by molar-refractivity contribution is 6.01. The lowest BCUT2D eigenvalue weighted by molar-refractivity contribution is 0.686. The van der Waals surface area contributed by atoms with Crippen LogP contribution in [0.1, 0.15) is 19.4 Å². The molecule has 5 aromatic rings. The molecule has 0 spiro atoms. The third-order valence-corrected chi connectivity index (χ3v) is 5.67. The molecule has 0 saturated carbocycles. The fourth-order valence-corrected chi connectivity index (χ4v) is 3.74. The van der Waals surface area contributed by atoms with E-state index in [1.54, 1.807) is 48.8 Å². The lowest BCUT2D eigenvalue weighted by atomic mass is 9.86. The molecule has 0 aliphatic rings. The number of aromatic amines is 1. The summed E-state index contributed by atoms with van der Waals surface area (Å²) >= 11 is 0. The number of nitrogens with two attached hydrogens (primary N) is 1. The molecule has 34 heavy (non-hydrogen) atoms. The van der Waals surface area contributed by atoms with Crippen molar-refractivity contribution in [3.05, 3.63) is 81.4 Å². The minimum atomic E-state index is -0.690. The van der Waals surface area contributed by atoms with Crippen LogP contribution < -0.4 is 17.0 Å². The minimum Gasteiger partial charge on any atom is -0.368 e. The molecule has 0 amide bonds. The Hall–Kier alpha value is -4.91. The van der Waals surface area contributed by atoms with Crippen molar-refractivity contribution >= 4 is 27.9 Å². The average Bonchev–Trinajstić information content (AvgIpc) is 2.84. The summed E-state index contributed by atoms with van der Waals surface area (Å²) in [5.74, 6) is 0.139. The number of anilines is 1. The standard InChI is InChI=1S/C24H18N8O2/c1-24(2,12-25)14-3-5-15(6-4-14)32-20-16(21(33)31-23(32)34)11-27-18-8-7-17(30-19(18)20)13-9-28-22(26)29-10-13/h3-11H,1-2H3,(H2,26,28,29)(H,31,33,34). The maximum absolute atomic E-state index is 13.0. The van der Waals surface area contributed by atoms with Crippen molar-refractivity contribution in [3.63, 3.8) is 0 Å². The number of nitrogens with zero attached hydrogens (tertiary/aromatic N) is 6. The summed E-state index contributed by atoms with van der Waals surface area (Å²) in [5, 5.41) is 9.64. The van der Waals surface area contributed by atoms with Crippen LogP contribution in [0.3, 0.4) is 0 Å². The van der Waals surface area contributed by atoms with Crippen molar-refractivity contribution in [2.75, 3.05) is 5.73 Å². The van der Waals surface area contributed by atoms with E-state index in [0.29, 0.717) is 33.5 Å². The largest absolute Gasteiger partial charge is 0.368 e. The Labute approximate surface area is 192 Å². The molecule has 4 heterocycles. The van der Waals surface area contributed by atoms with Gasteiger partial charge in [-0.05, 0) is 43.7 Å².